The molecule has 34 heavy (non-hydrogen) atoms. The number of aromatic nitrogens is 4. The first-order valence-electron chi connectivity index (χ1n) is 13.6. The number of anilines is 1. The number of aliphatic hydroxyl groups is 2. The average Bonchev–Trinajstić information content (AvgIpc) is 3.34. The zero-order valence-corrected chi connectivity index (χ0v) is 19.0. The molecule has 0 radical (unpaired) electrons. The monoisotopic (exact) mass is 549 g/mol. The Morgan fingerprint density at radius 2 is 2.12 bits per heavy atom. The second-order valence-electron chi connectivity index (χ2n) is 5.14. The van der Waals surface area contributed by atoms with Gasteiger partial charge < -0.3 is 40.3 Å². The summed E-state index contributed by atoms with van der Waals surface area (Å²) in [5.74, 6) is -1.19. The van der Waals surface area contributed by atoms with Crippen molar-refractivity contribution in [3.05, 3.63) is 16.7 Å². The maximum atomic E-state index is 12.8. The van der Waals surface area contributed by atoms with Gasteiger partial charge in [0.15, 0.2) is 21.6 Å². The fraction of sp³-hybridized carbons (Fsp3) is 0.500. The SMILES string of the molecule is [2H]OC1([2H])[C@]([2H])(n2c([2H])nc3c(=O)n([2H])c(N([2H])[2H])nc32)O[C@]([2H])(C([2H])([2H])OP(=O)(O[2H])OP(=O)([O-])OP(=O)([O-])O[2H])[C@@]1([2H])O[2H].[Li+].[Li+]. The summed E-state index contributed by atoms with van der Waals surface area (Å²) in [6.45, 7) is -4.66. The van der Waals surface area contributed by atoms with Crippen LogP contribution in [0.3, 0.4) is 0 Å². The Balaban J connectivity index is 0.00000576. The molecule has 2 aromatic rings. The molecule has 0 saturated carbocycles. The van der Waals surface area contributed by atoms with E-state index >= 15 is 0 Å². The standard InChI is InChI=1S/C10H16N5O14P3.2Li/c11-10-13-7-4(8(18)14-10)12-2-15(7)9-6(17)5(16)3(27-9)1-26-31(22,23)29-32(24,25)28-30(19,20)21;;/h2-3,5-6,9,16-17H,1H2,(H,22,23)(H,24,25)(H2,19,20,21)(H3,11,13,14,18);;/q;2*+1/p-2/t3-,5-,6?,9-;;/m1../s1/i1D2,2D,3D,5D,6D,9D,16D,17D;;/hD5. The molecular formula is C10H14Li2N5O14P3. The molecule has 7 atom stereocenters. The van der Waals surface area contributed by atoms with Gasteiger partial charge in [-0.25, -0.2) is 18.2 Å². The van der Waals surface area contributed by atoms with Crippen molar-refractivity contribution in [2.45, 2.75) is 24.4 Å². The van der Waals surface area contributed by atoms with E-state index in [0.717, 1.165) is 0 Å². The summed E-state index contributed by atoms with van der Waals surface area (Å²) in [6, 6.07) is 0. The van der Waals surface area contributed by atoms with Crippen LogP contribution < -0.4 is 58.8 Å². The summed E-state index contributed by atoms with van der Waals surface area (Å²) in [6.07, 6.45) is -18.6. The van der Waals surface area contributed by atoms with E-state index < -0.39 is 89.2 Å². The summed E-state index contributed by atoms with van der Waals surface area (Å²) in [7, 11) is -19.3. The number of ether oxygens (including phenoxy) is 1. The van der Waals surface area contributed by atoms with E-state index in [4.69, 9.17) is 24.3 Å². The van der Waals surface area contributed by atoms with Crippen LogP contribution in [-0.2, 0) is 31.6 Å². The summed E-state index contributed by atoms with van der Waals surface area (Å²) >= 11 is 0. The van der Waals surface area contributed by atoms with Crippen molar-refractivity contribution in [1.29, 1.82) is 5.72 Å². The number of nitrogen functional groups attached to an aromatic ring is 1. The van der Waals surface area contributed by atoms with E-state index in [1.165, 1.54) is 0 Å². The molecule has 7 N–H and O–H groups in total. The molecule has 1 fully saturated rings. The van der Waals surface area contributed by atoms with Gasteiger partial charge in [0.25, 0.3) is 21.2 Å². The molecule has 24 heteroatoms. The summed E-state index contributed by atoms with van der Waals surface area (Å²) in [4.78, 5) is 48.6. The molecule has 0 aliphatic carbocycles. The van der Waals surface area contributed by atoms with Crippen LogP contribution in [0.1, 0.15) is 15.8 Å². The third-order valence-electron chi connectivity index (χ3n) is 2.95. The van der Waals surface area contributed by atoms with Crippen molar-refractivity contribution in [3.8, 4) is 0 Å². The van der Waals surface area contributed by atoms with Crippen LogP contribution in [0.15, 0.2) is 11.1 Å². The second kappa shape index (κ2) is 11.4. The molecule has 1 aliphatic rings. The van der Waals surface area contributed by atoms with Crippen molar-refractivity contribution >= 4 is 40.6 Å². The van der Waals surface area contributed by atoms with Crippen LogP contribution in [0.25, 0.3) is 11.2 Å². The minimum Gasteiger partial charge on any atom is -0.756 e. The number of nitrogens with one attached hydrogen (secondary N) is 1. The molecule has 0 spiro atoms. The minimum absolute atomic E-state index is 0. The third-order valence-corrected chi connectivity index (χ3v) is 6.47. The summed E-state index contributed by atoms with van der Waals surface area (Å²) in [5.41, 5.74) is -4.21. The smallest absolute Gasteiger partial charge is 0.756 e. The van der Waals surface area contributed by atoms with Gasteiger partial charge in [-0.1, -0.05) is 0 Å². The van der Waals surface area contributed by atoms with E-state index in [9.17, 15) is 28.3 Å². The number of nitrogens with zero attached hydrogens (tertiary/aromatic N) is 3. The van der Waals surface area contributed by atoms with E-state index in [2.05, 4.69) is 43.1 Å². The molecule has 4 unspecified atom stereocenters. The Labute approximate surface area is 232 Å². The summed E-state index contributed by atoms with van der Waals surface area (Å²) < 4.78 is 160. The van der Waals surface area contributed by atoms with E-state index in [-0.39, 0.29) is 47.3 Å². The molecule has 1 aliphatic heterocycles. The number of hydrogen-bond acceptors (Lipinski definition) is 17. The maximum absolute atomic E-state index is 12.8. The molecular weight excluding hydrogens is 521 g/mol. The zero-order chi connectivity index (χ0) is 35.7. The number of rotatable bonds is 13. The molecule has 0 aromatic carbocycles. The van der Waals surface area contributed by atoms with Gasteiger partial charge in [-0.2, -0.15) is 4.98 Å². The number of imidazole rings is 1. The molecule has 3 rings (SSSR count). The Hall–Kier alpha value is -0.365. The van der Waals surface area contributed by atoms with Gasteiger partial charge in [-0.15, -0.1) is 0 Å². The predicted molar refractivity (Wildman–Crippen MR) is 93.9 cm³/mol. The second-order valence-corrected chi connectivity index (χ2v) is 9.31. The molecule has 2 aromatic heterocycles. The third kappa shape index (κ3) is 7.57. The van der Waals surface area contributed by atoms with Gasteiger partial charge in [0.1, 0.15) is 19.6 Å². The predicted octanol–water partition coefficient (Wildman–Crippen LogP) is -9.59. The van der Waals surface area contributed by atoms with Crippen LogP contribution >= 0.6 is 23.5 Å². The number of phosphoric ester groups is 1. The number of nitrogens with two attached hydrogens (primary N) is 1. The quantitative estimate of drug-likeness (QED) is 0.0998. The van der Waals surface area contributed by atoms with E-state index in [0.29, 0.717) is 0 Å². The first-order valence-corrected chi connectivity index (χ1v) is 11.5. The van der Waals surface area contributed by atoms with Crippen LogP contribution in [0.2, 0.25) is 4.24 Å². The number of hydrogen-bond donors (Lipinski definition) is 6. The summed E-state index contributed by atoms with van der Waals surface area (Å²) in [5, 5.41) is 8.02. The minimum atomic E-state index is -6.64. The molecule has 3 heterocycles. The van der Waals surface area contributed by atoms with Crippen LogP contribution in [0.4, 0.5) is 5.95 Å². The fourth-order valence-electron chi connectivity index (χ4n) is 1.93. The van der Waals surface area contributed by atoms with E-state index in [1.54, 1.807) is 0 Å². The fourth-order valence-corrected chi connectivity index (χ4v) is 4.61. The number of H-pyrrole nitrogens is 1. The van der Waals surface area contributed by atoms with Gasteiger partial charge >= 0.3 is 45.5 Å². The van der Waals surface area contributed by atoms with Gasteiger partial charge in [0, 0.05) is 0 Å². The van der Waals surface area contributed by atoms with Crippen LogP contribution in [0.5, 0.6) is 0 Å². The first kappa shape index (κ1) is 15.8. The van der Waals surface area contributed by atoms with Gasteiger partial charge in [0.05, 0.1) is 21.1 Å². The van der Waals surface area contributed by atoms with Crippen molar-refractivity contribution in [2.75, 3.05) is 12.3 Å². The molecule has 0 bridgehead atoms. The number of aromatic amines is 1. The van der Waals surface area contributed by atoms with Crippen LogP contribution in [0, 0.1) is 0 Å². The topological polar surface area (TPSA) is 305 Å². The average molecular weight is 549 g/mol. The molecule has 180 valence electrons. The van der Waals surface area contributed by atoms with Crippen molar-refractivity contribution in [1.82, 2.24) is 19.5 Å². The Bertz CT molecular complexity index is 1750. The van der Waals surface area contributed by atoms with Crippen LogP contribution in [-0.4, -0.2) is 70.0 Å². The van der Waals surface area contributed by atoms with Gasteiger partial charge in [-0.05, 0) is 0 Å². The Morgan fingerprint density at radius 1 is 1.38 bits per heavy atom. The number of phosphoric acid groups is 3. The van der Waals surface area contributed by atoms with Crippen molar-refractivity contribution in [3.63, 3.8) is 0 Å². The van der Waals surface area contributed by atoms with E-state index in [1.807, 2.05) is 0 Å². The molecule has 19 nitrogen and oxygen atoms in total. The molecule has 1 saturated heterocycles. The van der Waals surface area contributed by atoms with Crippen molar-refractivity contribution < 1.29 is 113 Å². The zero-order valence-electron chi connectivity index (χ0n) is 30.3. The largest absolute Gasteiger partial charge is 1.00 e. The Morgan fingerprint density at radius 3 is 2.74 bits per heavy atom. The maximum Gasteiger partial charge on any atom is 1.00 e. The Kier molecular flexibility index (Phi) is 5.27. The first-order chi connectivity index (χ1) is 20.7. The van der Waals surface area contributed by atoms with Crippen molar-refractivity contribution in [2.24, 2.45) is 0 Å². The number of fused-ring (bicyclic) bond motifs is 1. The molecule has 0 amide bonds. The normalized spacial score (nSPS) is 42.4. The van der Waals surface area contributed by atoms with Gasteiger partial charge in [-0.3, -0.25) is 28.0 Å². The van der Waals surface area contributed by atoms with Gasteiger partial charge in [0.2, 0.25) is 11.7 Å².